The Balaban J connectivity index is 1.64. The molecule has 0 atom stereocenters. The van der Waals surface area contributed by atoms with E-state index in [9.17, 15) is 18.5 Å². The Hall–Kier alpha value is -2.45. The summed E-state index contributed by atoms with van der Waals surface area (Å²) in [4.78, 5) is 12.4. The number of sulfonamides is 1. The smallest absolute Gasteiger partial charge is 0.269 e. The number of nitrogens with one attached hydrogen (secondary N) is 1. The van der Waals surface area contributed by atoms with Gasteiger partial charge >= 0.3 is 0 Å². The molecule has 0 radical (unpaired) electrons. The van der Waals surface area contributed by atoms with Gasteiger partial charge in [-0.25, -0.2) is 13.1 Å². The zero-order valence-electron chi connectivity index (χ0n) is 13.6. The molecular formula is C17H19N3O4S. The van der Waals surface area contributed by atoms with Gasteiger partial charge in [0.25, 0.3) is 5.69 Å². The van der Waals surface area contributed by atoms with Crippen molar-refractivity contribution in [2.45, 2.75) is 24.3 Å². The van der Waals surface area contributed by atoms with Crippen molar-refractivity contribution in [1.29, 1.82) is 0 Å². The van der Waals surface area contributed by atoms with Gasteiger partial charge in [-0.1, -0.05) is 12.1 Å². The van der Waals surface area contributed by atoms with E-state index in [2.05, 4.69) is 9.62 Å². The zero-order chi connectivity index (χ0) is 17.9. The topological polar surface area (TPSA) is 92.5 Å². The number of nitro benzene ring substituents is 1. The maximum Gasteiger partial charge on any atom is 0.269 e. The Bertz CT molecular complexity index is 842. The third-order valence-electron chi connectivity index (χ3n) is 4.23. The number of non-ortho nitro benzene ring substituents is 1. The second-order valence-electron chi connectivity index (χ2n) is 5.94. The van der Waals surface area contributed by atoms with Crippen LogP contribution in [0.1, 0.15) is 18.4 Å². The van der Waals surface area contributed by atoms with Gasteiger partial charge in [0.15, 0.2) is 0 Å². The Kier molecular flexibility index (Phi) is 5.00. The number of rotatable bonds is 6. The summed E-state index contributed by atoms with van der Waals surface area (Å²) in [5, 5.41) is 10.6. The van der Waals surface area contributed by atoms with Crippen molar-refractivity contribution < 1.29 is 13.3 Å². The van der Waals surface area contributed by atoms with Crippen molar-refractivity contribution >= 4 is 21.4 Å². The molecule has 0 bridgehead atoms. The molecule has 8 heteroatoms. The summed E-state index contributed by atoms with van der Waals surface area (Å²) in [5.41, 5.74) is 1.87. The van der Waals surface area contributed by atoms with E-state index < -0.39 is 14.9 Å². The van der Waals surface area contributed by atoms with E-state index >= 15 is 0 Å². The highest BCUT2D eigenvalue weighted by molar-refractivity contribution is 7.89. The maximum absolute atomic E-state index is 12.3. The lowest BCUT2D eigenvalue weighted by atomic mass is 10.2. The van der Waals surface area contributed by atoms with Crippen LogP contribution >= 0.6 is 0 Å². The van der Waals surface area contributed by atoms with Crippen molar-refractivity contribution in [3.63, 3.8) is 0 Å². The minimum absolute atomic E-state index is 0.00628. The first-order valence-corrected chi connectivity index (χ1v) is 9.52. The second kappa shape index (κ2) is 7.20. The van der Waals surface area contributed by atoms with Crippen molar-refractivity contribution in [3.8, 4) is 0 Å². The van der Waals surface area contributed by atoms with Crippen LogP contribution in [0.15, 0.2) is 53.4 Å². The third-order valence-corrected chi connectivity index (χ3v) is 5.65. The number of hydrogen-bond donors (Lipinski definition) is 1. The Labute approximate surface area is 146 Å². The van der Waals surface area contributed by atoms with Gasteiger partial charge < -0.3 is 4.90 Å². The number of hydrogen-bond acceptors (Lipinski definition) is 5. The molecule has 1 N–H and O–H groups in total. The van der Waals surface area contributed by atoms with Crippen molar-refractivity contribution in [3.05, 3.63) is 64.2 Å². The van der Waals surface area contributed by atoms with E-state index in [0.717, 1.165) is 24.3 Å². The summed E-state index contributed by atoms with van der Waals surface area (Å²) in [6, 6.07) is 12.6. The normalized spacial score (nSPS) is 14.6. The van der Waals surface area contributed by atoms with Crippen LogP contribution in [-0.4, -0.2) is 26.4 Å². The summed E-state index contributed by atoms with van der Waals surface area (Å²) in [5.74, 6) is 0. The molecule has 1 fully saturated rings. The molecule has 3 rings (SSSR count). The minimum Gasteiger partial charge on any atom is -0.372 e. The largest absolute Gasteiger partial charge is 0.372 e. The van der Waals surface area contributed by atoms with E-state index in [4.69, 9.17) is 0 Å². The number of benzene rings is 2. The van der Waals surface area contributed by atoms with Crippen molar-refractivity contribution in [2.24, 2.45) is 0 Å². The quantitative estimate of drug-likeness (QED) is 0.631. The predicted molar refractivity (Wildman–Crippen MR) is 95.0 cm³/mol. The Morgan fingerprint density at radius 1 is 1.00 bits per heavy atom. The summed E-state index contributed by atoms with van der Waals surface area (Å²) in [6.07, 6.45) is 2.41. The van der Waals surface area contributed by atoms with Gasteiger partial charge in [-0.15, -0.1) is 0 Å². The lowest BCUT2D eigenvalue weighted by Gasteiger charge is -2.17. The van der Waals surface area contributed by atoms with Crippen LogP contribution in [0.4, 0.5) is 11.4 Å². The molecule has 0 aromatic heterocycles. The van der Waals surface area contributed by atoms with Crippen LogP contribution < -0.4 is 9.62 Å². The van der Waals surface area contributed by atoms with Gasteiger partial charge in [0.2, 0.25) is 10.0 Å². The molecule has 7 nitrogen and oxygen atoms in total. The molecule has 0 unspecified atom stereocenters. The van der Waals surface area contributed by atoms with Crippen LogP contribution in [0.25, 0.3) is 0 Å². The van der Waals surface area contributed by atoms with Crippen LogP contribution in [0, 0.1) is 10.1 Å². The van der Waals surface area contributed by atoms with Crippen LogP contribution in [0.5, 0.6) is 0 Å². The second-order valence-corrected chi connectivity index (χ2v) is 7.70. The highest BCUT2D eigenvalue weighted by Crippen LogP contribution is 2.21. The highest BCUT2D eigenvalue weighted by Gasteiger charge is 2.16. The minimum atomic E-state index is -3.71. The average molecular weight is 361 g/mol. The van der Waals surface area contributed by atoms with E-state index in [1.807, 2.05) is 24.3 Å². The highest BCUT2D eigenvalue weighted by atomic mass is 32.2. The fraction of sp³-hybridized carbons (Fsp3) is 0.294. The lowest BCUT2D eigenvalue weighted by Crippen LogP contribution is -2.23. The Morgan fingerprint density at radius 3 is 2.16 bits per heavy atom. The fourth-order valence-electron chi connectivity index (χ4n) is 2.81. The first-order chi connectivity index (χ1) is 12.0. The number of anilines is 1. The summed E-state index contributed by atoms with van der Waals surface area (Å²) in [6.45, 7) is 2.29. The monoisotopic (exact) mass is 361 g/mol. The summed E-state index contributed by atoms with van der Waals surface area (Å²) >= 11 is 0. The van der Waals surface area contributed by atoms with Gasteiger partial charge in [-0.3, -0.25) is 10.1 Å². The van der Waals surface area contributed by atoms with Gasteiger partial charge in [0, 0.05) is 37.5 Å². The number of nitrogens with zero attached hydrogens (tertiary/aromatic N) is 2. The molecule has 0 spiro atoms. The van der Waals surface area contributed by atoms with E-state index in [-0.39, 0.29) is 17.1 Å². The molecule has 0 saturated carbocycles. The summed E-state index contributed by atoms with van der Waals surface area (Å²) < 4.78 is 27.1. The molecule has 1 heterocycles. The predicted octanol–water partition coefficient (Wildman–Crippen LogP) is 2.67. The summed E-state index contributed by atoms with van der Waals surface area (Å²) in [7, 11) is -3.71. The first kappa shape index (κ1) is 17.4. The maximum atomic E-state index is 12.3. The van der Waals surface area contributed by atoms with E-state index in [0.29, 0.717) is 0 Å². The van der Waals surface area contributed by atoms with Crippen molar-refractivity contribution in [2.75, 3.05) is 18.0 Å². The van der Waals surface area contributed by atoms with E-state index in [1.165, 1.54) is 37.1 Å². The third kappa shape index (κ3) is 4.15. The molecule has 1 aliphatic heterocycles. The SMILES string of the molecule is O=[N+]([O-])c1ccc(S(=O)(=O)NCc2ccc(N3CCCC3)cc2)cc1. The van der Waals surface area contributed by atoms with Gasteiger partial charge in [0.05, 0.1) is 9.82 Å². The molecule has 0 amide bonds. The standard InChI is InChI=1S/C17H19N3O4S/c21-20(22)16-7-9-17(10-8-16)25(23,24)18-13-14-3-5-15(6-4-14)19-11-1-2-12-19/h3-10,18H,1-2,11-13H2. The van der Waals surface area contributed by atoms with Crippen LogP contribution in [0.3, 0.4) is 0 Å². The molecule has 2 aromatic rings. The van der Waals surface area contributed by atoms with Gasteiger partial charge in [-0.05, 0) is 42.7 Å². The molecule has 132 valence electrons. The molecule has 0 aliphatic carbocycles. The molecule has 1 aliphatic rings. The van der Waals surface area contributed by atoms with Gasteiger partial charge in [-0.2, -0.15) is 0 Å². The fourth-order valence-corrected chi connectivity index (χ4v) is 3.83. The van der Waals surface area contributed by atoms with Crippen molar-refractivity contribution in [1.82, 2.24) is 4.72 Å². The van der Waals surface area contributed by atoms with E-state index in [1.54, 1.807) is 0 Å². The van der Waals surface area contributed by atoms with Crippen LogP contribution in [-0.2, 0) is 16.6 Å². The average Bonchev–Trinajstić information content (AvgIpc) is 3.15. The number of nitro groups is 1. The van der Waals surface area contributed by atoms with Gasteiger partial charge in [0.1, 0.15) is 0 Å². The molecule has 1 saturated heterocycles. The first-order valence-electron chi connectivity index (χ1n) is 8.04. The molecule has 25 heavy (non-hydrogen) atoms. The molecule has 2 aromatic carbocycles. The van der Waals surface area contributed by atoms with Crippen LogP contribution in [0.2, 0.25) is 0 Å². The lowest BCUT2D eigenvalue weighted by molar-refractivity contribution is -0.384. The Morgan fingerprint density at radius 2 is 1.60 bits per heavy atom. The molecular weight excluding hydrogens is 342 g/mol. The zero-order valence-corrected chi connectivity index (χ0v) is 14.4.